The number of nitrogens with one attached hydrogen (secondary N) is 1. The van der Waals surface area contributed by atoms with E-state index in [0.29, 0.717) is 17.2 Å². The zero-order valence-electron chi connectivity index (χ0n) is 9.30. The van der Waals surface area contributed by atoms with Crippen LogP contribution in [0.5, 0.6) is 0 Å². The summed E-state index contributed by atoms with van der Waals surface area (Å²) in [6.07, 6.45) is 2.85. The molecule has 0 amide bonds. The van der Waals surface area contributed by atoms with Gasteiger partial charge in [-0.1, -0.05) is 0 Å². The van der Waals surface area contributed by atoms with E-state index >= 15 is 0 Å². The third kappa shape index (κ3) is 1.94. The molecule has 0 radical (unpaired) electrons. The molecule has 0 saturated carbocycles. The van der Waals surface area contributed by atoms with E-state index in [2.05, 4.69) is 15.3 Å². The van der Waals surface area contributed by atoms with Crippen LogP contribution < -0.4 is 5.32 Å². The van der Waals surface area contributed by atoms with Crippen LogP contribution in [0.1, 0.15) is 5.69 Å². The summed E-state index contributed by atoms with van der Waals surface area (Å²) in [5, 5.41) is 13.8. The topological polar surface area (TPSA) is 94.1 Å². The number of rotatable bonds is 3. The van der Waals surface area contributed by atoms with Crippen molar-refractivity contribution in [3.05, 3.63) is 34.4 Å². The van der Waals surface area contributed by atoms with Gasteiger partial charge in [0.25, 0.3) is 0 Å². The first-order chi connectivity index (χ1) is 8.13. The summed E-state index contributed by atoms with van der Waals surface area (Å²) >= 11 is 0. The number of nitro groups is 1. The SMILES string of the molecule is CNc1nc(C)c([N+](=O)[O-])c(-c2ccoc2)n1. The number of anilines is 1. The third-order valence-corrected chi connectivity index (χ3v) is 2.26. The van der Waals surface area contributed by atoms with Gasteiger partial charge in [0.1, 0.15) is 5.69 Å². The van der Waals surface area contributed by atoms with Crippen LogP contribution in [0.25, 0.3) is 11.3 Å². The fourth-order valence-corrected chi connectivity index (χ4v) is 1.50. The van der Waals surface area contributed by atoms with Gasteiger partial charge in [-0.3, -0.25) is 10.1 Å². The number of nitrogens with zero attached hydrogens (tertiary/aromatic N) is 3. The van der Waals surface area contributed by atoms with Crippen LogP contribution in [-0.4, -0.2) is 21.9 Å². The summed E-state index contributed by atoms with van der Waals surface area (Å²) in [7, 11) is 1.65. The lowest BCUT2D eigenvalue weighted by Crippen LogP contribution is -2.04. The van der Waals surface area contributed by atoms with Crippen LogP contribution in [0, 0.1) is 17.0 Å². The Labute approximate surface area is 96.7 Å². The Hall–Kier alpha value is -2.44. The average molecular weight is 234 g/mol. The van der Waals surface area contributed by atoms with Crippen LogP contribution in [0.2, 0.25) is 0 Å². The molecule has 2 heterocycles. The van der Waals surface area contributed by atoms with Gasteiger partial charge in [-0.05, 0) is 13.0 Å². The highest BCUT2D eigenvalue weighted by Crippen LogP contribution is 2.31. The second-order valence-electron chi connectivity index (χ2n) is 3.35. The second kappa shape index (κ2) is 4.20. The second-order valence-corrected chi connectivity index (χ2v) is 3.35. The van der Waals surface area contributed by atoms with E-state index in [1.165, 1.54) is 12.5 Å². The van der Waals surface area contributed by atoms with E-state index < -0.39 is 4.92 Å². The zero-order valence-corrected chi connectivity index (χ0v) is 9.30. The van der Waals surface area contributed by atoms with Crippen LogP contribution in [0.3, 0.4) is 0 Å². The van der Waals surface area contributed by atoms with Gasteiger partial charge in [-0.2, -0.15) is 0 Å². The average Bonchev–Trinajstić information content (AvgIpc) is 2.80. The predicted molar refractivity (Wildman–Crippen MR) is 60.7 cm³/mol. The quantitative estimate of drug-likeness (QED) is 0.644. The Morgan fingerprint density at radius 1 is 1.47 bits per heavy atom. The largest absolute Gasteiger partial charge is 0.472 e. The van der Waals surface area contributed by atoms with Crippen molar-refractivity contribution < 1.29 is 9.34 Å². The fraction of sp³-hybridized carbons (Fsp3) is 0.200. The zero-order chi connectivity index (χ0) is 12.4. The Balaban J connectivity index is 2.70. The highest BCUT2D eigenvalue weighted by atomic mass is 16.6. The van der Waals surface area contributed by atoms with E-state index in [1.807, 2.05) is 0 Å². The summed E-state index contributed by atoms with van der Waals surface area (Å²) in [5.74, 6) is 0.337. The highest BCUT2D eigenvalue weighted by Gasteiger charge is 2.23. The van der Waals surface area contributed by atoms with Gasteiger partial charge in [0.15, 0.2) is 5.69 Å². The van der Waals surface area contributed by atoms with Crippen molar-refractivity contribution in [2.45, 2.75) is 6.92 Å². The van der Waals surface area contributed by atoms with E-state index in [9.17, 15) is 10.1 Å². The Morgan fingerprint density at radius 2 is 2.24 bits per heavy atom. The normalized spacial score (nSPS) is 10.2. The summed E-state index contributed by atoms with van der Waals surface area (Å²) in [6, 6.07) is 1.62. The fourth-order valence-electron chi connectivity index (χ4n) is 1.50. The molecule has 0 bridgehead atoms. The first-order valence-corrected chi connectivity index (χ1v) is 4.87. The molecular weight excluding hydrogens is 224 g/mol. The number of hydrogen-bond donors (Lipinski definition) is 1. The number of hydrogen-bond acceptors (Lipinski definition) is 6. The van der Waals surface area contributed by atoms with Crippen LogP contribution in [0.4, 0.5) is 11.6 Å². The Kier molecular flexibility index (Phi) is 2.73. The standard InChI is InChI=1S/C10H10N4O3/c1-6-9(14(15)16)8(7-3-4-17-5-7)13-10(11-2)12-6/h3-5H,1-2H3,(H,11,12,13). The lowest BCUT2D eigenvalue weighted by Gasteiger charge is -2.05. The van der Waals surface area contributed by atoms with E-state index in [4.69, 9.17) is 4.42 Å². The summed E-state index contributed by atoms with van der Waals surface area (Å²) in [6.45, 7) is 1.57. The molecule has 0 saturated heterocycles. The number of aromatic nitrogens is 2. The van der Waals surface area contributed by atoms with Crippen LogP contribution in [-0.2, 0) is 0 Å². The van der Waals surface area contributed by atoms with Crippen molar-refractivity contribution in [3.63, 3.8) is 0 Å². The first kappa shape index (κ1) is 11.1. The molecule has 2 rings (SSSR count). The van der Waals surface area contributed by atoms with E-state index in [0.717, 1.165) is 0 Å². The molecular formula is C10H10N4O3. The monoisotopic (exact) mass is 234 g/mol. The number of furan rings is 1. The van der Waals surface area contributed by atoms with Crippen molar-refractivity contribution in [1.29, 1.82) is 0 Å². The van der Waals surface area contributed by atoms with Crippen molar-refractivity contribution in [2.24, 2.45) is 0 Å². The smallest absolute Gasteiger partial charge is 0.316 e. The van der Waals surface area contributed by atoms with Gasteiger partial charge in [-0.15, -0.1) is 0 Å². The van der Waals surface area contributed by atoms with Gasteiger partial charge in [0.05, 0.1) is 17.4 Å². The number of aryl methyl sites for hydroxylation is 1. The van der Waals surface area contributed by atoms with Gasteiger partial charge in [0, 0.05) is 12.6 Å². The molecule has 0 aromatic carbocycles. The molecule has 88 valence electrons. The minimum absolute atomic E-state index is 0.106. The van der Waals surface area contributed by atoms with Gasteiger partial charge < -0.3 is 9.73 Å². The molecule has 0 aliphatic rings. The maximum absolute atomic E-state index is 11.0. The molecule has 7 heteroatoms. The van der Waals surface area contributed by atoms with Gasteiger partial charge >= 0.3 is 5.69 Å². The van der Waals surface area contributed by atoms with Gasteiger partial charge in [0.2, 0.25) is 5.95 Å². The Bertz CT molecular complexity index is 551. The van der Waals surface area contributed by atoms with Crippen molar-refractivity contribution >= 4 is 11.6 Å². The van der Waals surface area contributed by atoms with Crippen molar-refractivity contribution in [3.8, 4) is 11.3 Å². The van der Waals surface area contributed by atoms with E-state index in [-0.39, 0.29) is 11.4 Å². The van der Waals surface area contributed by atoms with E-state index in [1.54, 1.807) is 20.0 Å². The lowest BCUT2D eigenvalue weighted by atomic mass is 10.2. The molecule has 7 nitrogen and oxygen atoms in total. The maximum Gasteiger partial charge on any atom is 0.316 e. The highest BCUT2D eigenvalue weighted by molar-refractivity contribution is 5.71. The molecule has 0 aliphatic heterocycles. The molecule has 0 fully saturated rings. The maximum atomic E-state index is 11.0. The molecule has 0 aliphatic carbocycles. The van der Waals surface area contributed by atoms with Crippen molar-refractivity contribution in [2.75, 3.05) is 12.4 Å². The minimum atomic E-state index is -0.489. The summed E-state index contributed by atoms with van der Waals surface area (Å²) in [5.41, 5.74) is 1.01. The first-order valence-electron chi connectivity index (χ1n) is 4.87. The molecule has 0 unspecified atom stereocenters. The molecule has 2 aromatic rings. The molecule has 1 N–H and O–H groups in total. The molecule has 2 aromatic heterocycles. The molecule has 0 atom stereocenters. The van der Waals surface area contributed by atoms with Crippen LogP contribution in [0.15, 0.2) is 23.0 Å². The summed E-state index contributed by atoms with van der Waals surface area (Å²) < 4.78 is 4.91. The minimum Gasteiger partial charge on any atom is -0.472 e. The van der Waals surface area contributed by atoms with Crippen molar-refractivity contribution in [1.82, 2.24) is 9.97 Å². The van der Waals surface area contributed by atoms with Crippen LogP contribution >= 0.6 is 0 Å². The predicted octanol–water partition coefficient (Wildman–Crippen LogP) is 1.99. The third-order valence-electron chi connectivity index (χ3n) is 2.26. The molecule has 0 spiro atoms. The van der Waals surface area contributed by atoms with Gasteiger partial charge in [-0.25, -0.2) is 9.97 Å². The summed E-state index contributed by atoms with van der Waals surface area (Å²) in [4.78, 5) is 18.6. The lowest BCUT2D eigenvalue weighted by molar-refractivity contribution is -0.385. The molecule has 17 heavy (non-hydrogen) atoms. The Morgan fingerprint density at radius 3 is 2.76 bits per heavy atom.